The van der Waals surface area contributed by atoms with E-state index < -0.39 is 0 Å². The van der Waals surface area contributed by atoms with Crippen molar-refractivity contribution in [2.24, 2.45) is 0 Å². The zero-order chi connectivity index (χ0) is 18.0. The van der Waals surface area contributed by atoms with Crippen molar-refractivity contribution in [3.05, 3.63) is 51.6 Å². The van der Waals surface area contributed by atoms with E-state index in [0.29, 0.717) is 16.6 Å². The Morgan fingerprint density at radius 3 is 2.88 bits per heavy atom. The Hall–Kier alpha value is -3.47. The van der Waals surface area contributed by atoms with Gasteiger partial charge in [-0.25, -0.2) is 4.98 Å². The number of ether oxygens (including phenoxy) is 1. The number of nitrogens with zero attached hydrogens (tertiary/aromatic N) is 4. The average molecular weight is 336 g/mol. The molecular weight excluding hydrogens is 320 g/mol. The van der Waals surface area contributed by atoms with Gasteiger partial charge in [-0.15, -0.1) is 0 Å². The molecule has 8 heteroatoms. The lowest BCUT2D eigenvalue weighted by Gasteiger charge is -2.14. The van der Waals surface area contributed by atoms with Gasteiger partial charge in [-0.1, -0.05) is 0 Å². The highest BCUT2D eigenvalue weighted by Gasteiger charge is 2.14. The lowest BCUT2D eigenvalue weighted by molar-refractivity contribution is 0.396. The van der Waals surface area contributed by atoms with Crippen LogP contribution in [0.2, 0.25) is 0 Å². The lowest BCUT2D eigenvalue weighted by Crippen LogP contribution is -2.20. The van der Waals surface area contributed by atoms with Crippen molar-refractivity contribution in [1.82, 2.24) is 19.9 Å². The van der Waals surface area contributed by atoms with Crippen LogP contribution < -0.4 is 15.6 Å². The van der Waals surface area contributed by atoms with Gasteiger partial charge in [0.2, 0.25) is 11.8 Å². The zero-order valence-electron chi connectivity index (χ0n) is 14.0. The average Bonchev–Trinajstić information content (AvgIpc) is 2.61. The van der Waals surface area contributed by atoms with Crippen molar-refractivity contribution in [2.45, 2.75) is 19.9 Å². The normalized spacial score (nSPS) is 11.8. The van der Waals surface area contributed by atoms with Crippen molar-refractivity contribution in [3.63, 3.8) is 0 Å². The summed E-state index contributed by atoms with van der Waals surface area (Å²) in [6, 6.07) is 7.01. The molecule has 126 valence electrons. The summed E-state index contributed by atoms with van der Waals surface area (Å²) in [4.78, 5) is 27.8. The molecule has 25 heavy (non-hydrogen) atoms. The van der Waals surface area contributed by atoms with Crippen LogP contribution in [0.5, 0.6) is 5.88 Å². The molecule has 0 radical (unpaired) electrons. The van der Waals surface area contributed by atoms with Crippen LogP contribution in [0.4, 0.5) is 5.95 Å². The van der Waals surface area contributed by atoms with Gasteiger partial charge in [-0.3, -0.25) is 9.78 Å². The van der Waals surface area contributed by atoms with Crippen LogP contribution >= 0.6 is 0 Å². The number of aromatic nitrogens is 4. The molecule has 2 N–H and O–H groups in total. The predicted octanol–water partition coefficient (Wildman–Crippen LogP) is 2.07. The van der Waals surface area contributed by atoms with Crippen molar-refractivity contribution in [2.75, 3.05) is 12.4 Å². The first-order valence-electron chi connectivity index (χ1n) is 7.60. The number of nitriles is 1. The van der Waals surface area contributed by atoms with E-state index in [1.807, 2.05) is 32.0 Å². The van der Waals surface area contributed by atoms with Gasteiger partial charge in [-0.2, -0.15) is 10.2 Å². The lowest BCUT2D eigenvalue weighted by atomic mass is 10.1. The molecule has 3 aromatic heterocycles. The zero-order valence-corrected chi connectivity index (χ0v) is 14.0. The fraction of sp³-hybridized carbons (Fsp3) is 0.235. The Morgan fingerprint density at radius 1 is 1.36 bits per heavy atom. The van der Waals surface area contributed by atoms with E-state index in [4.69, 9.17) is 10.00 Å². The molecule has 0 saturated heterocycles. The van der Waals surface area contributed by atoms with Crippen LogP contribution in [-0.2, 0) is 0 Å². The Bertz CT molecular complexity index is 1040. The highest BCUT2D eigenvalue weighted by atomic mass is 16.5. The Labute approximate surface area is 143 Å². The molecule has 3 aromatic rings. The minimum Gasteiger partial charge on any atom is -0.480 e. The molecule has 0 amide bonds. The third-order valence-corrected chi connectivity index (χ3v) is 3.75. The van der Waals surface area contributed by atoms with Crippen molar-refractivity contribution in [1.29, 1.82) is 5.26 Å². The predicted molar refractivity (Wildman–Crippen MR) is 92.4 cm³/mol. The smallest absolute Gasteiger partial charge is 0.253 e. The number of H-pyrrole nitrogens is 1. The van der Waals surface area contributed by atoms with Crippen LogP contribution in [0.3, 0.4) is 0 Å². The van der Waals surface area contributed by atoms with E-state index >= 15 is 0 Å². The van der Waals surface area contributed by atoms with Gasteiger partial charge in [0.15, 0.2) is 0 Å². The van der Waals surface area contributed by atoms with E-state index in [0.717, 1.165) is 5.69 Å². The molecule has 0 aliphatic heterocycles. The summed E-state index contributed by atoms with van der Waals surface area (Å²) in [5.41, 5.74) is 2.80. The highest BCUT2D eigenvalue weighted by molar-refractivity contribution is 5.74. The van der Waals surface area contributed by atoms with Gasteiger partial charge in [0.05, 0.1) is 30.4 Å². The molecular formula is C17H16N6O2. The largest absolute Gasteiger partial charge is 0.480 e. The first-order valence-corrected chi connectivity index (χ1v) is 7.60. The number of anilines is 1. The summed E-state index contributed by atoms with van der Waals surface area (Å²) < 4.78 is 5.07. The monoisotopic (exact) mass is 336 g/mol. The second kappa shape index (κ2) is 6.57. The molecule has 0 aliphatic rings. The minimum absolute atomic E-state index is 0.178. The maximum Gasteiger partial charge on any atom is 0.253 e. The molecule has 1 atom stereocenters. The van der Waals surface area contributed by atoms with Crippen LogP contribution in [0, 0.1) is 18.3 Å². The van der Waals surface area contributed by atoms with E-state index in [9.17, 15) is 4.79 Å². The van der Waals surface area contributed by atoms with Gasteiger partial charge in [-0.05, 0) is 32.0 Å². The summed E-state index contributed by atoms with van der Waals surface area (Å²) in [7, 11) is 1.43. The molecule has 0 saturated carbocycles. The Kier molecular flexibility index (Phi) is 4.31. The van der Waals surface area contributed by atoms with Crippen LogP contribution in [0.1, 0.15) is 29.8 Å². The first kappa shape index (κ1) is 16.4. The number of fused-ring (bicyclic) bond motifs is 1. The molecule has 3 heterocycles. The standard InChI is InChI=1S/C17H16N6O2/c1-9-4-5-13-14(20-9)6-12(15(24)22-13)10(2)21-17-19-8-11(7-18)16(23-17)25-3/h4-6,8,10H,1-3H3,(H,22,24)(H,19,21,23)/t10-/m0/s1. The molecule has 3 rings (SSSR count). The molecule has 8 nitrogen and oxygen atoms in total. The summed E-state index contributed by atoms with van der Waals surface area (Å²) in [6.45, 7) is 3.71. The summed E-state index contributed by atoms with van der Waals surface area (Å²) in [5, 5.41) is 12.0. The first-order chi connectivity index (χ1) is 12.0. The fourth-order valence-electron chi connectivity index (χ4n) is 2.46. The molecule has 0 spiro atoms. The number of hydrogen-bond donors (Lipinski definition) is 2. The van der Waals surface area contributed by atoms with Crippen LogP contribution in [0.25, 0.3) is 11.0 Å². The molecule has 0 aliphatic carbocycles. The second-order valence-corrected chi connectivity index (χ2v) is 5.53. The maximum atomic E-state index is 12.3. The van der Waals surface area contributed by atoms with E-state index in [-0.39, 0.29) is 29.0 Å². The van der Waals surface area contributed by atoms with E-state index in [2.05, 4.69) is 25.3 Å². The number of aromatic amines is 1. The second-order valence-electron chi connectivity index (χ2n) is 5.53. The van der Waals surface area contributed by atoms with Gasteiger partial charge in [0, 0.05) is 11.3 Å². The number of pyridine rings is 2. The number of nitrogens with one attached hydrogen (secondary N) is 2. The highest BCUT2D eigenvalue weighted by Crippen LogP contribution is 2.20. The van der Waals surface area contributed by atoms with Crippen molar-refractivity contribution >= 4 is 17.0 Å². The quantitative estimate of drug-likeness (QED) is 0.749. The van der Waals surface area contributed by atoms with Crippen LogP contribution in [-0.4, -0.2) is 27.0 Å². The summed E-state index contributed by atoms with van der Waals surface area (Å²) in [6.07, 6.45) is 1.37. The van der Waals surface area contributed by atoms with Gasteiger partial charge in [0.1, 0.15) is 11.6 Å². The summed E-state index contributed by atoms with van der Waals surface area (Å²) >= 11 is 0. The van der Waals surface area contributed by atoms with E-state index in [1.54, 1.807) is 6.07 Å². The number of methoxy groups -OCH3 is 1. The fourth-order valence-corrected chi connectivity index (χ4v) is 2.46. The Morgan fingerprint density at radius 2 is 2.16 bits per heavy atom. The third kappa shape index (κ3) is 3.26. The topological polar surface area (TPSA) is 117 Å². The number of hydrogen-bond acceptors (Lipinski definition) is 7. The molecule has 0 unspecified atom stereocenters. The minimum atomic E-state index is -0.367. The number of rotatable bonds is 4. The maximum absolute atomic E-state index is 12.3. The summed E-state index contributed by atoms with van der Waals surface area (Å²) in [5.74, 6) is 0.442. The van der Waals surface area contributed by atoms with Crippen molar-refractivity contribution in [3.8, 4) is 11.9 Å². The van der Waals surface area contributed by atoms with Crippen molar-refractivity contribution < 1.29 is 4.74 Å². The van der Waals surface area contributed by atoms with Crippen LogP contribution in [0.15, 0.2) is 29.2 Å². The third-order valence-electron chi connectivity index (χ3n) is 3.75. The van der Waals surface area contributed by atoms with Gasteiger partial charge < -0.3 is 15.0 Å². The molecule has 0 fully saturated rings. The van der Waals surface area contributed by atoms with Gasteiger partial charge >= 0.3 is 0 Å². The SMILES string of the molecule is COc1nc(N[C@@H](C)c2cc3nc(C)ccc3[nH]c2=O)ncc1C#N. The van der Waals surface area contributed by atoms with E-state index in [1.165, 1.54) is 13.3 Å². The molecule has 0 bridgehead atoms. The number of aryl methyl sites for hydroxylation is 1. The van der Waals surface area contributed by atoms with Gasteiger partial charge in [0.25, 0.3) is 5.56 Å². The molecule has 0 aromatic carbocycles. The Balaban J connectivity index is 1.94.